The van der Waals surface area contributed by atoms with Gasteiger partial charge >= 0.3 is 0 Å². The molecule has 0 N–H and O–H groups in total. The van der Waals surface area contributed by atoms with Crippen molar-refractivity contribution in [3.8, 4) is 11.1 Å². The van der Waals surface area contributed by atoms with E-state index in [1.54, 1.807) is 0 Å². The van der Waals surface area contributed by atoms with Gasteiger partial charge in [0.05, 0.1) is 0 Å². The molecule has 0 saturated heterocycles. The Morgan fingerprint density at radius 2 is 1.91 bits per heavy atom. The van der Waals surface area contributed by atoms with Crippen LogP contribution in [0.3, 0.4) is 0 Å². The number of allylic oxidation sites excluding steroid dienone is 1. The SMILES string of the molecule is C=C[C@@H](CCC)c1c(-c2ccccc2)cc2c(C)cccn12. The first-order chi connectivity index (χ1) is 10.8. The van der Waals surface area contributed by atoms with E-state index in [1.807, 2.05) is 0 Å². The number of aryl methyl sites for hydroxylation is 1. The Bertz CT molecular complexity index is 780. The molecule has 2 aromatic heterocycles. The molecule has 112 valence electrons. The van der Waals surface area contributed by atoms with Gasteiger partial charge in [-0.25, -0.2) is 0 Å². The summed E-state index contributed by atoms with van der Waals surface area (Å²) in [4.78, 5) is 0. The number of rotatable bonds is 5. The van der Waals surface area contributed by atoms with E-state index in [9.17, 15) is 0 Å². The number of fused-ring (bicyclic) bond motifs is 1. The van der Waals surface area contributed by atoms with Crippen LogP contribution in [0.4, 0.5) is 0 Å². The monoisotopic (exact) mass is 289 g/mol. The average Bonchev–Trinajstić information content (AvgIpc) is 2.94. The second kappa shape index (κ2) is 6.23. The highest BCUT2D eigenvalue weighted by atomic mass is 14.9. The fourth-order valence-corrected chi connectivity index (χ4v) is 3.27. The van der Waals surface area contributed by atoms with Crippen molar-refractivity contribution in [2.45, 2.75) is 32.6 Å². The predicted octanol–water partition coefficient (Wildman–Crippen LogP) is 5.98. The average molecular weight is 289 g/mol. The summed E-state index contributed by atoms with van der Waals surface area (Å²) in [7, 11) is 0. The third-order valence-electron chi connectivity index (χ3n) is 4.38. The first-order valence-electron chi connectivity index (χ1n) is 8.04. The summed E-state index contributed by atoms with van der Waals surface area (Å²) in [5.41, 5.74) is 6.57. The van der Waals surface area contributed by atoms with Gasteiger partial charge in [-0.05, 0) is 36.6 Å². The molecule has 0 unspecified atom stereocenters. The number of hydrogen-bond acceptors (Lipinski definition) is 0. The summed E-state index contributed by atoms with van der Waals surface area (Å²) in [6.45, 7) is 8.50. The molecule has 0 fully saturated rings. The summed E-state index contributed by atoms with van der Waals surface area (Å²) < 4.78 is 2.35. The molecular weight excluding hydrogens is 266 g/mol. The molecule has 22 heavy (non-hydrogen) atoms. The van der Waals surface area contributed by atoms with Crippen molar-refractivity contribution in [1.82, 2.24) is 4.40 Å². The highest BCUT2D eigenvalue weighted by Crippen LogP contribution is 2.36. The van der Waals surface area contributed by atoms with Gasteiger partial charge in [0.15, 0.2) is 0 Å². The zero-order valence-electron chi connectivity index (χ0n) is 13.4. The van der Waals surface area contributed by atoms with Crippen molar-refractivity contribution in [1.29, 1.82) is 0 Å². The molecule has 0 aliphatic heterocycles. The van der Waals surface area contributed by atoms with Crippen LogP contribution in [-0.4, -0.2) is 4.40 Å². The lowest BCUT2D eigenvalue weighted by atomic mass is 9.94. The van der Waals surface area contributed by atoms with E-state index in [0.29, 0.717) is 5.92 Å². The molecule has 1 heteroatoms. The zero-order valence-corrected chi connectivity index (χ0v) is 13.4. The Balaban J connectivity index is 2.30. The molecule has 3 aromatic rings. The number of benzene rings is 1. The second-order valence-corrected chi connectivity index (χ2v) is 5.89. The van der Waals surface area contributed by atoms with E-state index in [0.717, 1.165) is 12.8 Å². The largest absolute Gasteiger partial charge is 0.319 e. The van der Waals surface area contributed by atoms with Gasteiger partial charge in [0.25, 0.3) is 0 Å². The summed E-state index contributed by atoms with van der Waals surface area (Å²) in [5.74, 6) is 0.379. The topological polar surface area (TPSA) is 4.41 Å². The molecule has 0 aliphatic carbocycles. The van der Waals surface area contributed by atoms with Gasteiger partial charge in [-0.2, -0.15) is 0 Å². The smallest absolute Gasteiger partial charge is 0.0488 e. The number of nitrogens with zero attached hydrogens (tertiary/aromatic N) is 1. The van der Waals surface area contributed by atoms with Crippen LogP contribution in [0.25, 0.3) is 16.6 Å². The van der Waals surface area contributed by atoms with Gasteiger partial charge in [0.1, 0.15) is 0 Å². The summed E-state index contributed by atoms with van der Waals surface area (Å²) in [6, 6.07) is 17.3. The Hall–Kier alpha value is -2.28. The van der Waals surface area contributed by atoms with Crippen molar-refractivity contribution < 1.29 is 0 Å². The summed E-state index contributed by atoms with van der Waals surface area (Å²) in [5, 5.41) is 0. The number of pyridine rings is 1. The van der Waals surface area contributed by atoms with Crippen LogP contribution < -0.4 is 0 Å². The van der Waals surface area contributed by atoms with Gasteiger partial charge in [-0.1, -0.05) is 55.8 Å². The highest BCUT2D eigenvalue weighted by molar-refractivity contribution is 5.76. The van der Waals surface area contributed by atoms with Crippen LogP contribution >= 0.6 is 0 Å². The van der Waals surface area contributed by atoms with Crippen LogP contribution in [0.2, 0.25) is 0 Å². The molecule has 2 heterocycles. The van der Waals surface area contributed by atoms with E-state index in [4.69, 9.17) is 0 Å². The molecule has 0 spiro atoms. The normalized spacial score (nSPS) is 12.5. The van der Waals surface area contributed by atoms with Gasteiger partial charge in [-0.3, -0.25) is 0 Å². The van der Waals surface area contributed by atoms with Crippen molar-refractivity contribution in [2.24, 2.45) is 0 Å². The Labute approximate surface area is 132 Å². The molecule has 0 aliphatic rings. The highest BCUT2D eigenvalue weighted by Gasteiger charge is 2.18. The second-order valence-electron chi connectivity index (χ2n) is 5.89. The Morgan fingerprint density at radius 3 is 2.59 bits per heavy atom. The van der Waals surface area contributed by atoms with E-state index in [2.05, 4.69) is 85.6 Å². The lowest BCUT2D eigenvalue weighted by Crippen LogP contribution is -2.02. The van der Waals surface area contributed by atoms with Crippen LogP contribution in [0, 0.1) is 6.92 Å². The van der Waals surface area contributed by atoms with E-state index in [-0.39, 0.29) is 0 Å². The quantitative estimate of drug-likeness (QED) is 0.509. The third-order valence-corrected chi connectivity index (χ3v) is 4.38. The first kappa shape index (κ1) is 14.6. The molecule has 1 aromatic carbocycles. The standard InChI is InChI=1S/C21H23N/c1-4-10-17(5-2)21-19(18-12-7-6-8-13-18)15-20-16(3)11-9-14-22(20)21/h5-9,11-15,17H,2,4,10H2,1,3H3/t17-/m0/s1. The van der Waals surface area contributed by atoms with Crippen molar-refractivity contribution >= 4 is 5.52 Å². The van der Waals surface area contributed by atoms with Crippen molar-refractivity contribution in [3.63, 3.8) is 0 Å². The predicted molar refractivity (Wildman–Crippen MR) is 95.4 cm³/mol. The van der Waals surface area contributed by atoms with Crippen LogP contribution in [0.1, 0.15) is 36.9 Å². The fourth-order valence-electron chi connectivity index (χ4n) is 3.27. The van der Waals surface area contributed by atoms with Crippen molar-refractivity contribution in [3.05, 3.63) is 78.6 Å². The Morgan fingerprint density at radius 1 is 1.14 bits per heavy atom. The maximum absolute atomic E-state index is 4.09. The number of aromatic nitrogens is 1. The van der Waals surface area contributed by atoms with Gasteiger partial charge < -0.3 is 4.40 Å². The van der Waals surface area contributed by atoms with Crippen LogP contribution in [0.5, 0.6) is 0 Å². The molecule has 0 radical (unpaired) electrons. The lowest BCUT2D eigenvalue weighted by Gasteiger charge is -2.15. The molecular formula is C21H23N. The molecule has 1 atom stereocenters. The molecule has 0 amide bonds. The van der Waals surface area contributed by atoms with Crippen molar-refractivity contribution in [2.75, 3.05) is 0 Å². The minimum absolute atomic E-state index is 0.379. The van der Waals surface area contributed by atoms with E-state index in [1.165, 1.54) is 27.9 Å². The molecule has 3 rings (SSSR count). The summed E-state index contributed by atoms with van der Waals surface area (Å²) in [6.07, 6.45) is 6.56. The maximum atomic E-state index is 4.09. The van der Waals surface area contributed by atoms with Gasteiger partial charge in [0, 0.05) is 28.9 Å². The Kier molecular flexibility index (Phi) is 4.15. The minimum atomic E-state index is 0.379. The van der Waals surface area contributed by atoms with E-state index < -0.39 is 0 Å². The van der Waals surface area contributed by atoms with Gasteiger partial charge in [0.2, 0.25) is 0 Å². The van der Waals surface area contributed by atoms with Gasteiger partial charge in [-0.15, -0.1) is 6.58 Å². The molecule has 0 saturated carbocycles. The van der Waals surface area contributed by atoms with Crippen LogP contribution in [-0.2, 0) is 0 Å². The third kappa shape index (κ3) is 2.48. The zero-order chi connectivity index (χ0) is 15.5. The lowest BCUT2D eigenvalue weighted by molar-refractivity contribution is 0.696. The van der Waals surface area contributed by atoms with E-state index >= 15 is 0 Å². The number of hydrogen-bond donors (Lipinski definition) is 0. The maximum Gasteiger partial charge on any atom is 0.0488 e. The fraction of sp³-hybridized carbons (Fsp3) is 0.238. The summed E-state index contributed by atoms with van der Waals surface area (Å²) >= 11 is 0. The first-order valence-corrected chi connectivity index (χ1v) is 8.04. The molecule has 1 nitrogen and oxygen atoms in total. The minimum Gasteiger partial charge on any atom is -0.319 e. The van der Waals surface area contributed by atoms with Crippen LogP contribution in [0.15, 0.2) is 67.4 Å². The molecule has 0 bridgehead atoms.